The van der Waals surface area contributed by atoms with Crippen LogP contribution in [-0.2, 0) is 24.2 Å². The highest BCUT2D eigenvalue weighted by atomic mass is 32.1. The predicted octanol–water partition coefficient (Wildman–Crippen LogP) is 1.41. The number of carbonyl (C=O) groups is 1. The number of fused-ring (bicyclic) bond motifs is 1. The van der Waals surface area contributed by atoms with Crippen LogP contribution in [0.15, 0.2) is 11.4 Å². The second-order valence-corrected chi connectivity index (χ2v) is 6.11. The number of amides is 1. The summed E-state index contributed by atoms with van der Waals surface area (Å²) in [6.07, 6.45) is 1.13. The number of nitrogens with zero attached hydrogens (tertiary/aromatic N) is 4. The van der Waals surface area contributed by atoms with Crippen LogP contribution in [0, 0.1) is 6.92 Å². The number of aromatic nitrogens is 3. The molecule has 2 aromatic heterocycles. The molecule has 0 bridgehead atoms. The van der Waals surface area contributed by atoms with Crippen molar-refractivity contribution in [1.29, 1.82) is 0 Å². The van der Waals surface area contributed by atoms with Crippen LogP contribution < -0.4 is 5.32 Å². The first kappa shape index (κ1) is 13.9. The van der Waals surface area contributed by atoms with Gasteiger partial charge in [0, 0.05) is 31.9 Å². The smallest absolute Gasteiger partial charge is 0.228 e. The average molecular weight is 303 g/mol. The fraction of sp³-hybridized carbons (Fsp3) is 0.429. The Morgan fingerprint density at radius 2 is 2.33 bits per heavy atom. The summed E-state index contributed by atoms with van der Waals surface area (Å²) in [7, 11) is 1.81. The van der Waals surface area contributed by atoms with E-state index in [1.165, 1.54) is 0 Å². The second-order valence-electron chi connectivity index (χ2n) is 5.05. The molecule has 0 saturated heterocycles. The molecule has 21 heavy (non-hydrogen) atoms. The molecule has 0 aliphatic carbocycles. The summed E-state index contributed by atoms with van der Waals surface area (Å²) in [4.78, 5) is 18.6. The van der Waals surface area contributed by atoms with Crippen molar-refractivity contribution in [1.82, 2.24) is 20.1 Å². The predicted molar refractivity (Wildman–Crippen MR) is 81.3 cm³/mol. The Labute approximate surface area is 127 Å². The molecular formula is C14H17N5OS. The van der Waals surface area contributed by atoms with Crippen molar-refractivity contribution in [2.75, 3.05) is 18.9 Å². The molecule has 0 unspecified atom stereocenters. The Balaban J connectivity index is 1.71. The van der Waals surface area contributed by atoms with Crippen LogP contribution >= 0.6 is 11.3 Å². The minimum Gasteiger partial charge on any atom is -0.372 e. The van der Waals surface area contributed by atoms with E-state index in [0.29, 0.717) is 19.5 Å². The largest absolute Gasteiger partial charge is 0.372 e. The van der Waals surface area contributed by atoms with Gasteiger partial charge in [0.05, 0.1) is 22.8 Å². The molecular weight excluding hydrogens is 286 g/mol. The summed E-state index contributed by atoms with van der Waals surface area (Å²) in [6, 6.07) is 1.97. The van der Waals surface area contributed by atoms with E-state index in [0.717, 1.165) is 34.2 Å². The van der Waals surface area contributed by atoms with Crippen molar-refractivity contribution in [2.45, 2.75) is 26.3 Å². The van der Waals surface area contributed by atoms with Crippen molar-refractivity contribution >= 4 is 23.1 Å². The minimum absolute atomic E-state index is 0.119. The fourth-order valence-corrected chi connectivity index (χ4v) is 3.03. The van der Waals surface area contributed by atoms with Gasteiger partial charge in [0.15, 0.2) is 0 Å². The van der Waals surface area contributed by atoms with E-state index in [4.69, 9.17) is 0 Å². The topological polar surface area (TPSA) is 71.0 Å². The zero-order valence-electron chi connectivity index (χ0n) is 12.1. The van der Waals surface area contributed by atoms with E-state index in [1.807, 2.05) is 30.3 Å². The van der Waals surface area contributed by atoms with Crippen LogP contribution in [-0.4, -0.2) is 39.6 Å². The molecule has 110 valence electrons. The van der Waals surface area contributed by atoms with Crippen molar-refractivity contribution in [3.8, 4) is 0 Å². The summed E-state index contributed by atoms with van der Waals surface area (Å²) in [5.74, 6) is 0.854. The van der Waals surface area contributed by atoms with Crippen LogP contribution in [0.5, 0.6) is 0 Å². The van der Waals surface area contributed by atoms with Crippen molar-refractivity contribution in [3.63, 3.8) is 0 Å². The normalized spacial score (nSPS) is 13.9. The molecule has 0 fully saturated rings. The van der Waals surface area contributed by atoms with Gasteiger partial charge in [0.1, 0.15) is 5.82 Å². The zero-order chi connectivity index (χ0) is 14.8. The molecule has 1 amide bonds. The maximum atomic E-state index is 12.4. The van der Waals surface area contributed by atoms with Crippen LogP contribution in [0.3, 0.4) is 0 Å². The molecule has 1 aliphatic rings. The van der Waals surface area contributed by atoms with Gasteiger partial charge in [-0.2, -0.15) is 5.10 Å². The molecule has 1 N–H and O–H groups in total. The highest BCUT2D eigenvalue weighted by Gasteiger charge is 2.22. The van der Waals surface area contributed by atoms with Crippen molar-refractivity contribution < 1.29 is 4.79 Å². The van der Waals surface area contributed by atoms with Crippen LogP contribution in [0.4, 0.5) is 5.82 Å². The molecule has 6 nitrogen and oxygen atoms in total. The fourth-order valence-electron chi connectivity index (χ4n) is 2.42. The number of thiazole rings is 1. The Kier molecular flexibility index (Phi) is 3.83. The first-order chi connectivity index (χ1) is 10.2. The van der Waals surface area contributed by atoms with Gasteiger partial charge in [-0.05, 0) is 18.6 Å². The molecule has 2 aromatic rings. The second kappa shape index (κ2) is 5.77. The molecule has 7 heteroatoms. The number of rotatable bonds is 3. The summed E-state index contributed by atoms with van der Waals surface area (Å²) in [5.41, 5.74) is 2.92. The average Bonchev–Trinajstić information content (AvgIpc) is 2.91. The summed E-state index contributed by atoms with van der Waals surface area (Å²) < 4.78 is 0. The summed E-state index contributed by atoms with van der Waals surface area (Å²) >= 11 is 1.58. The van der Waals surface area contributed by atoms with Gasteiger partial charge in [-0.15, -0.1) is 16.4 Å². The van der Waals surface area contributed by atoms with Gasteiger partial charge >= 0.3 is 0 Å². The lowest BCUT2D eigenvalue weighted by Crippen LogP contribution is -2.37. The van der Waals surface area contributed by atoms with Crippen molar-refractivity contribution in [2.24, 2.45) is 0 Å². The number of anilines is 1. The third kappa shape index (κ3) is 3.02. The molecule has 1 aliphatic heterocycles. The van der Waals surface area contributed by atoms with Gasteiger partial charge in [-0.25, -0.2) is 4.98 Å². The Morgan fingerprint density at radius 3 is 3.05 bits per heavy atom. The lowest BCUT2D eigenvalue weighted by atomic mass is 10.1. The number of carbonyl (C=O) groups excluding carboxylic acids is 1. The van der Waals surface area contributed by atoms with Crippen LogP contribution in [0.25, 0.3) is 0 Å². The monoisotopic (exact) mass is 303 g/mol. The summed E-state index contributed by atoms with van der Waals surface area (Å²) in [5, 5.41) is 14.2. The van der Waals surface area contributed by atoms with Crippen molar-refractivity contribution in [3.05, 3.63) is 33.4 Å². The number of aryl methyl sites for hydroxylation is 1. The molecule has 0 atom stereocenters. The maximum absolute atomic E-state index is 12.4. The van der Waals surface area contributed by atoms with Crippen LogP contribution in [0.2, 0.25) is 0 Å². The Bertz CT molecular complexity index is 669. The van der Waals surface area contributed by atoms with E-state index < -0.39 is 0 Å². The Morgan fingerprint density at radius 1 is 1.48 bits per heavy atom. The van der Waals surface area contributed by atoms with E-state index in [1.54, 1.807) is 11.3 Å². The van der Waals surface area contributed by atoms with E-state index in [-0.39, 0.29) is 5.91 Å². The number of hydrogen-bond acceptors (Lipinski definition) is 6. The highest BCUT2D eigenvalue weighted by molar-refractivity contribution is 7.09. The standard InChI is InChI=1S/C14H17N5OS/c1-9-16-11(8-21-9)6-14(20)19-4-3-12-10(7-19)5-13(15-2)18-17-12/h5,8H,3-4,6-7H2,1-2H3,(H,15,18). The van der Waals surface area contributed by atoms with E-state index in [2.05, 4.69) is 20.5 Å². The first-order valence-corrected chi connectivity index (χ1v) is 7.75. The number of nitrogens with one attached hydrogen (secondary N) is 1. The zero-order valence-corrected chi connectivity index (χ0v) is 12.9. The molecule has 3 heterocycles. The molecule has 0 saturated carbocycles. The molecule has 0 radical (unpaired) electrons. The number of hydrogen-bond donors (Lipinski definition) is 1. The maximum Gasteiger partial charge on any atom is 0.228 e. The van der Waals surface area contributed by atoms with Gasteiger partial charge in [-0.1, -0.05) is 0 Å². The lowest BCUT2D eigenvalue weighted by Gasteiger charge is -2.28. The summed E-state index contributed by atoms with van der Waals surface area (Å²) in [6.45, 7) is 3.25. The first-order valence-electron chi connectivity index (χ1n) is 6.87. The third-order valence-electron chi connectivity index (χ3n) is 3.55. The molecule has 3 rings (SSSR count). The minimum atomic E-state index is 0.119. The van der Waals surface area contributed by atoms with Gasteiger partial charge in [-0.3, -0.25) is 4.79 Å². The lowest BCUT2D eigenvalue weighted by molar-refractivity contribution is -0.131. The quantitative estimate of drug-likeness (QED) is 0.928. The SMILES string of the molecule is CNc1cc2c(nn1)CCN(C(=O)Cc1csc(C)n1)C2. The van der Waals surface area contributed by atoms with E-state index in [9.17, 15) is 4.79 Å². The van der Waals surface area contributed by atoms with Gasteiger partial charge in [0.2, 0.25) is 5.91 Å². The highest BCUT2D eigenvalue weighted by Crippen LogP contribution is 2.19. The molecule has 0 spiro atoms. The van der Waals surface area contributed by atoms with E-state index >= 15 is 0 Å². The Hall–Kier alpha value is -2.02. The van der Waals surface area contributed by atoms with Gasteiger partial charge in [0.25, 0.3) is 0 Å². The van der Waals surface area contributed by atoms with Gasteiger partial charge < -0.3 is 10.2 Å². The third-order valence-corrected chi connectivity index (χ3v) is 4.37. The molecule has 0 aromatic carbocycles. The van der Waals surface area contributed by atoms with Crippen LogP contribution in [0.1, 0.15) is 22.0 Å².